The molecule has 2 aromatic carbocycles. The van der Waals surface area contributed by atoms with Crippen molar-refractivity contribution in [1.29, 1.82) is 0 Å². The number of carbonyl (C=O) groups is 3. The molecule has 7 heteroatoms. The molecule has 1 spiro atoms. The number of nitrogens with two attached hydrogens (primary N) is 1. The number of carbonyl (C=O) groups excluding carboxylic acids is 3. The highest BCUT2D eigenvalue weighted by Crippen LogP contribution is 2.57. The van der Waals surface area contributed by atoms with Crippen LogP contribution in [0.3, 0.4) is 0 Å². The Balaban J connectivity index is 1.93. The summed E-state index contributed by atoms with van der Waals surface area (Å²) in [6.07, 6.45) is 1.51. The van der Waals surface area contributed by atoms with Crippen LogP contribution < -0.4 is 15.5 Å². The molecule has 7 nitrogen and oxygen atoms in total. The van der Waals surface area contributed by atoms with Crippen molar-refractivity contribution in [3.8, 4) is 0 Å². The van der Waals surface area contributed by atoms with E-state index < -0.39 is 11.4 Å². The van der Waals surface area contributed by atoms with Crippen LogP contribution in [0.4, 0.5) is 11.4 Å². The molecule has 0 saturated heterocycles. The Bertz CT molecular complexity index is 1310. The van der Waals surface area contributed by atoms with E-state index in [0.717, 1.165) is 11.3 Å². The van der Waals surface area contributed by atoms with Crippen LogP contribution in [-0.2, 0) is 24.5 Å². The van der Waals surface area contributed by atoms with Gasteiger partial charge in [0, 0.05) is 36.0 Å². The number of allylic oxidation sites excluding steroid dienone is 1. The van der Waals surface area contributed by atoms with Crippen molar-refractivity contribution in [2.75, 3.05) is 23.5 Å². The van der Waals surface area contributed by atoms with Crippen LogP contribution in [-0.4, -0.2) is 31.3 Å². The number of fused-ring (bicyclic) bond motifs is 3. The highest BCUT2D eigenvalue weighted by atomic mass is 16.5. The Morgan fingerprint density at radius 3 is 2.44 bits per heavy atom. The van der Waals surface area contributed by atoms with Gasteiger partial charge in [-0.3, -0.25) is 14.5 Å². The molecular weight excluding hydrogens is 430 g/mol. The summed E-state index contributed by atoms with van der Waals surface area (Å²) in [6.45, 7) is 3.77. The van der Waals surface area contributed by atoms with E-state index in [2.05, 4.69) is 0 Å². The van der Waals surface area contributed by atoms with Gasteiger partial charge in [0.2, 0.25) is 5.91 Å². The predicted octanol–water partition coefficient (Wildman–Crippen LogP) is 3.47. The molecule has 1 unspecified atom stereocenters. The first-order valence-corrected chi connectivity index (χ1v) is 11.5. The summed E-state index contributed by atoms with van der Waals surface area (Å²) in [5.41, 5.74) is 9.14. The van der Waals surface area contributed by atoms with Crippen molar-refractivity contribution >= 4 is 29.0 Å². The number of aryl methyl sites for hydroxylation is 1. The van der Waals surface area contributed by atoms with Gasteiger partial charge in [0.05, 0.1) is 12.3 Å². The summed E-state index contributed by atoms with van der Waals surface area (Å²) in [7, 11) is 1.66. The molecule has 3 aliphatic rings. The largest absolute Gasteiger partial charge is 0.462 e. The lowest BCUT2D eigenvalue weighted by molar-refractivity contribution is -0.140. The van der Waals surface area contributed by atoms with Crippen LogP contribution in [0.1, 0.15) is 37.3 Å². The van der Waals surface area contributed by atoms with Crippen molar-refractivity contribution in [3.05, 3.63) is 82.3 Å². The number of para-hydroxylation sites is 2. The molecule has 174 valence electrons. The maximum absolute atomic E-state index is 14.1. The fourth-order valence-corrected chi connectivity index (χ4v) is 5.64. The number of ether oxygens (including phenoxy) is 1. The lowest BCUT2D eigenvalue weighted by Crippen LogP contribution is -2.54. The van der Waals surface area contributed by atoms with Crippen LogP contribution in [0.2, 0.25) is 0 Å². The lowest BCUT2D eigenvalue weighted by Gasteiger charge is -2.45. The van der Waals surface area contributed by atoms with Gasteiger partial charge in [-0.25, -0.2) is 4.79 Å². The zero-order chi connectivity index (χ0) is 24.2. The highest BCUT2D eigenvalue weighted by Gasteiger charge is 2.63. The van der Waals surface area contributed by atoms with Crippen LogP contribution in [0.25, 0.3) is 0 Å². The van der Waals surface area contributed by atoms with Crippen LogP contribution >= 0.6 is 0 Å². The third-order valence-electron chi connectivity index (χ3n) is 7.03. The van der Waals surface area contributed by atoms with Gasteiger partial charge < -0.3 is 15.4 Å². The molecular formula is C27H27N3O4. The van der Waals surface area contributed by atoms with E-state index in [1.807, 2.05) is 49.4 Å². The molecule has 1 amide bonds. The minimum absolute atomic E-state index is 0.00778. The second-order valence-corrected chi connectivity index (χ2v) is 8.83. The Morgan fingerprint density at radius 1 is 1.06 bits per heavy atom. The van der Waals surface area contributed by atoms with E-state index in [4.69, 9.17) is 10.5 Å². The van der Waals surface area contributed by atoms with Gasteiger partial charge in [0.15, 0.2) is 5.78 Å². The Labute approximate surface area is 198 Å². The molecule has 2 aromatic rings. The molecule has 0 aromatic heterocycles. The number of amides is 1. The van der Waals surface area contributed by atoms with E-state index in [1.54, 1.807) is 24.9 Å². The third-order valence-corrected chi connectivity index (χ3v) is 7.03. The first kappa shape index (κ1) is 21.9. The quantitative estimate of drug-likeness (QED) is 0.710. The molecule has 1 aliphatic carbocycles. The van der Waals surface area contributed by atoms with E-state index in [9.17, 15) is 14.4 Å². The Morgan fingerprint density at radius 2 is 1.74 bits per heavy atom. The van der Waals surface area contributed by atoms with Gasteiger partial charge in [-0.05, 0) is 44.4 Å². The number of likely N-dealkylation sites (N-methyl/N-ethyl adjacent to an activating group) is 1. The van der Waals surface area contributed by atoms with Gasteiger partial charge in [-0.15, -0.1) is 0 Å². The molecule has 2 aliphatic heterocycles. The number of esters is 1. The van der Waals surface area contributed by atoms with Crippen LogP contribution in [0.5, 0.6) is 0 Å². The number of anilines is 2. The molecule has 34 heavy (non-hydrogen) atoms. The average molecular weight is 458 g/mol. The second-order valence-electron chi connectivity index (χ2n) is 8.83. The molecule has 0 radical (unpaired) electrons. The number of nitrogens with zero attached hydrogens (tertiary/aromatic N) is 2. The van der Waals surface area contributed by atoms with Gasteiger partial charge in [0.25, 0.3) is 0 Å². The van der Waals surface area contributed by atoms with Gasteiger partial charge in [0.1, 0.15) is 16.8 Å². The number of rotatable bonds is 3. The predicted molar refractivity (Wildman–Crippen MR) is 129 cm³/mol. The lowest BCUT2D eigenvalue weighted by atomic mass is 9.63. The fourth-order valence-electron chi connectivity index (χ4n) is 5.64. The minimum Gasteiger partial charge on any atom is -0.462 e. The van der Waals surface area contributed by atoms with Crippen molar-refractivity contribution in [2.24, 2.45) is 5.73 Å². The van der Waals surface area contributed by atoms with Gasteiger partial charge >= 0.3 is 5.97 Å². The standard InChI is InChI=1S/C27H27N3O4/c1-4-34-25(32)23-24(28)30(18-12-7-5-10-16(18)2)20-14-9-15-21(31)22(20)27(23)17-11-6-8-13-19(17)29(3)26(27)33/h5-8,10-13H,4,9,14-15,28H2,1-3H3. The molecule has 2 heterocycles. The maximum Gasteiger partial charge on any atom is 0.339 e. The summed E-state index contributed by atoms with van der Waals surface area (Å²) in [6, 6.07) is 14.9. The van der Waals surface area contributed by atoms with E-state index in [1.165, 1.54) is 4.90 Å². The van der Waals surface area contributed by atoms with E-state index in [-0.39, 0.29) is 29.7 Å². The average Bonchev–Trinajstić information content (AvgIpc) is 3.03. The Hall–Kier alpha value is -3.87. The molecule has 5 rings (SSSR count). The first-order chi connectivity index (χ1) is 16.4. The van der Waals surface area contributed by atoms with Crippen LogP contribution in [0.15, 0.2) is 71.2 Å². The Kier molecular flexibility index (Phi) is 5.08. The van der Waals surface area contributed by atoms with Gasteiger partial charge in [-0.2, -0.15) is 0 Å². The number of hydrogen-bond donors (Lipinski definition) is 1. The maximum atomic E-state index is 14.1. The number of ketones is 1. The zero-order valence-corrected chi connectivity index (χ0v) is 19.6. The first-order valence-electron chi connectivity index (χ1n) is 11.5. The number of benzene rings is 2. The third kappa shape index (κ3) is 2.73. The van der Waals surface area contributed by atoms with Crippen molar-refractivity contribution < 1.29 is 19.1 Å². The van der Waals surface area contributed by atoms with Crippen molar-refractivity contribution in [1.82, 2.24) is 0 Å². The van der Waals surface area contributed by atoms with Gasteiger partial charge in [-0.1, -0.05) is 36.4 Å². The molecule has 0 fully saturated rings. The number of hydrogen-bond acceptors (Lipinski definition) is 6. The summed E-state index contributed by atoms with van der Waals surface area (Å²) in [5, 5.41) is 0. The van der Waals surface area contributed by atoms with Crippen LogP contribution in [0, 0.1) is 6.92 Å². The molecule has 2 N–H and O–H groups in total. The van der Waals surface area contributed by atoms with E-state index in [0.29, 0.717) is 41.8 Å². The van der Waals surface area contributed by atoms with E-state index >= 15 is 0 Å². The van der Waals surface area contributed by atoms with Crippen molar-refractivity contribution in [2.45, 2.75) is 38.5 Å². The minimum atomic E-state index is -1.63. The summed E-state index contributed by atoms with van der Waals surface area (Å²) in [4.78, 5) is 44.7. The number of Topliss-reactive ketones (excluding diaryl/α,β-unsaturated/α-hetero) is 1. The SMILES string of the molecule is CCOC(=O)C1=C(N)N(c2ccccc2C)C2=C(C(=O)CCC2)C12C(=O)N(C)c1ccccc12. The molecule has 0 bridgehead atoms. The molecule has 0 saturated carbocycles. The highest BCUT2D eigenvalue weighted by molar-refractivity contribution is 6.24. The summed E-state index contributed by atoms with van der Waals surface area (Å²) in [5.74, 6) is -1.08. The smallest absolute Gasteiger partial charge is 0.339 e. The summed E-state index contributed by atoms with van der Waals surface area (Å²) < 4.78 is 5.46. The molecule has 1 atom stereocenters. The monoisotopic (exact) mass is 457 g/mol. The normalized spacial score (nSPS) is 21.9. The van der Waals surface area contributed by atoms with Crippen molar-refractivity contribution in [3.63, 3.8) is 0 Å². The topological polar surface area (TPSA) is 92.9 Å². The zero-order valence-electron chi connectivity index (χ0n) is 19.6. The second kappa shape index (κ2) is 7.87. The summed E-state index contributed by atoms with van der Waals surface area (Å²) >= 11 is 0. The fraction of sp³-hybridized carbons (Fsp3) is 0.296.